The minimum Gasteiger partial charge on any atom is -0.490 e. The zero-order chi connectivity index (χ0) is 15.1. The van der Waals surface area contributed by atoms with Crippen molar-refractivity contribution in [1.29, 1.82) is 5.26 Å². The van der Waals surface area contributed by atoms with Crippen molar-refractivity contribution in [3.05, 3.63) is 42.1 Å². The Morgan fingerprint density at radius 3 is 2.57 bits per heavy atom. The summed E-state index contributed by atoms with van der Waals surface area (Å²) in [7, 11) is 0. The van der Waals surface area contributed by atoms with Crippen molar-refractivity contribution in [3.63, 3.8) is 0 Å². The zero-order valence-electron chi connectivity index (χ0n) is 12.1. The Morgan fingerprint density at radius 2 is 1.86 bits per heavy atom. The van der Waals surface area contributed by atoms with Crippen molar-refractivity contribution < 1.29 is 9.47 Å². The first-order valence-electron chi connectivity index (χ1n) is 6.79. The van der Waals surface area contributed by atoms with E-state index in [1.165, 1.54) is 0 Å². The molecule has 5 nitrogen and oxygen atoms in total. The van der Waals surface area contributed by atoms with Gasteiger partial charge in [0.15, 0.2) is 11.5 Å². The molecular formula is C16H17N3O2. The van der Waals surface area contributed by atoms with Gasteiger partial charge in [-0.2, -0.15) is 5.26 Å². The highest BCUT2D eigenvalue weighted by molar-refractivity contribution is 5.62. The molecule has 2 rings (SSSR count). The van der Waals surface area contributed by atoms with Crippen molar-refractivity contribution in [2.75, 3.05) is 18.5 Å². The molecule has 1 aromatic carbocycles. The van der Waals surface area contributed by atoms with E-state index in [0.717, 1.165) is 5.69 Å². The van der Waals surface area contributed by atoms with Crippen molar-refractivity contribution in [3.8, 4) is 17.6 Å². The molecule has 0 radical (unpaired) electrons. The van der Waals surface area contributed by atoms with E-state index >= 15 is 0 Å². The predicted molar refractivity (Wildman–Crippen MR) is 81.0 cm³/mol. The average Bonchev–Trinajstić information content (AvgIpc) is 2.50. The molecule has 108 valence electrons. The minimum absolute atomic E-state index is 0.559. The van der Waals surface area contributed by atoms with Gasteiger partial charge in [-0.25, -0.2) is 4.98 Å². The van der Waals surface area contributed by atoms with E-state index in [4.69, 9.17) is 14.7 Å². The van der Waals surface area contributed by atoms with E-state index in [2.05, 4.69) is 16.4 Å². The number of nitrogens with one attached hydrogen (secondary N) is 1. The van der Waals surface area contributed by atoms with Crippen LogP contribution in [0.4, 0.5) is 11.5 Å². The molecule has 1 N–H and O–H groups in total. The predicted octanol–water partition coefficient (Wildman–Crippen LogP) is 3.49. The van der Waals surface area contributed by atoms with E-state index in [0.29, 0.717) is 36.1 Å². The monoisotopic (exact) mass is 283 g/mol. The normalized spacial score (nSPS) is 9.76. The third kappa shape index (κ3) is 3.86. The second-order valence-corrected chi connectivity index (χ2v) is 4.19. The first-order chi connectivity index (χ1) is 10.3. The van der Waals surface area contributed by atoms with E-state index < -0.39 is 0 Å². The molecule has 0 aliphatic rings. The smallest absolute Gasteiger partial charge is 0.163 e. The van der Waals surface area contributed by atoms with E-state index in [1.54, 1.807) is 18.3 Å². The van der Waals surface area contributed by atoms with Crippen LogP contribution in [0.2, 0.25) is 0 Å². The molecule has 0 aliphatic carbocycles. The van der Waals surface area contributed by atoms with Gasteiger partial charge in [0, 0.05) is 18.0 Å². The van der Waals surface area contributed by atoms with E-state index in [1.807, 2.05) is 32.0 Å². The van der Waals surface area contributed by atoms with Crippen LogP contribution in [0.1, 0.15) is 19.4 Å². The Hall–Kier alpha value is -2.74. The summed E-state index contributed by atoms with van der Waals surface area (Å²) in [6.45, 7) is 5.00. The number of nitriles is 1. The summed E-state index contributed by atoms with van der Waals surface area (Å²) in [6.07, 6.45) is 1.60. The molecule has 0 atom stereocenters. The number of hydrogen-bond donors (Lipinski definition) is 1. The SMILES string of the molecule is CCOc1ccc(Nc2cc(C#N)ccn2)cc1OCC. The Labute approximate surface area is 124 Å². The molecule has 0 saturated heterocycles. The van der Waals surface area contributed by atoms with Crippen LogP contribution in [0.5, 0.6) is 11.5 Å². The highest BCUT2D eigenvalue weighted by atomic mass is 16.5. The first-order valence-corrected chi connectivity index (χ1v) is 6.79. The van der Waals surface area contributed by atoms with Crippen LogP contribution in [0.3, 0.4) is 0 Å². The van der Waals surface area contributed by atoms with Crippen LogP contribution >= 0.6 is 0 Å². The van der Waals surface area contributed by atoms with E-state index in [-0.39, 0.29) is 0 Å². The maximum atomic E-state index is 8.90. The van der Waals surface area contributed by atoms with Gasteiger partial charge in [0.05, 0.1) is 24.8 Å². The van der Waals surface area contributed by atoms with Crippen LogP contribution in [-0.2, 0) is 0 Å². The highest BCUT2D eigenvalue weighted by Crippen LogP contribution is 2.31. The maximum Gasteiger partial charge on any atom is 0.163 e. The van der Waals surface area contributed by atoms with E-state index in [9.17, 15) is 0 Å². The van der Waals surface area contributed by atoms with Crippen LogP contribution < -0.4 is 14.8 Å². The molecule has 2 aromatic rings. The van der Waals surface area contributed by atoms with Gasteiger partial charge in [-0.05, 0) is 38.1 Å². The molecular weight excluding hydrogens is 266 g/mol. The Morgan fingerprint density at radius 1 is 1.10 bits per heavy atom. The van der Waals surface area contributed by atoms with Gasteiger partial charge < -0.3 is 14.8 Å². The Kier molecular flexibility index (Phi) is 4.99. The summed E-state index contributed by atoms with van der Waals surface area (Å²) < 4.78 is 11.1. The van der Waals surface area contributed by atoms with Gasteiger partial charge in [-0.3, -0.25) is 0 Å². The lowest BCUT2D eigenvalue weighted by Gasteiger charge is -2.13. The fourth-order valence-electron chi connectivity index (χ4n) is 1.85. The first kappa shape index (κ1) is 14.7. The van der Waals surface area contributed by atoms with Gasteiger partial charge in [-0.15, -0.1) is 0 Å². The maximum absolute atomic E-state index is 8.90. The van der Waals surface area contributed by atoms with Crippen LogP contribution in [0.15, 0.2) is 36.5 Å². The molecule has 0 amide bonds. The van der Waals surface area contributed by atoms with Crippen LogP contribution in [-0.4, -0.2) is 18.2 Å². The molecule has 1 heterocycles. The summed E-state index contributed by atoms with van der Waals surface area (Å²) in [5, 5.41) is 12.0. The van der Waals surface area contributed by atoms with Crippen LogP contribution in [0, 0.1) is 11.3 Å². The summed E-state index contributed by atoms with van der Waals surface area (Å²) in [5.41, 5.74) is 1.38. The quantitative estimate of drug-likeness (QED) is 0.879. The molecule has 0 spiro atoms. The number of rotatable bonds is 6. The molecule has 21 heavy (non-hydrogen) atoms. The summed E-state index contributed by atoms with van der Waals surface area (Å²) in [5.74, 6) is 2.00. The van der Waals surface area contributed by atoms with Crippen molar-refractivity contribution in [1.82, 2.24) is 4.98 Å². The number of pyridine rings is 1. The number of ether oxygens (including phenoxy) is 2. The summed E-state index contributed by atoms with van der Waals surface area (Å²) in [4.78, 5) is 4.18. The van der Waals surface area contributed by atoms with Crippen LogP contribution in [0.25, 0.3) is 0 Å². The van der Waals surface area contributed by atoms with Gasteiger partial charge in [0.1, 0.15) is 5.82 Å². The average molecular weight is 283 g/mol. The van der Waals surface area contributed by atoms with Crippen molar-refractivity contribution >= 4 is 11.5 Å². The number of nitrogens with zero attached hydrogens (tertiary/aromatic N) is 2. The lowest BCUT2D eigenvalue weighted by atomic mass is 10.2. The second kappa shape index (κ2) is 7.15. The Bertz CT molecular complexity index is 650. The number of hydrogen-bond acceptors (Lipinski definition) is 5. The third-order valence-electron chi connectivity index (χ3n) is 2.70. The third-order valence-corrected chi connectivity index (χ3v) is 2.70. The van der Waals surface area contributed by atoms with Gasteiger partial charge in [0.2, 0.25) is 0 Å². The topological polar surface area (TPSA) is 67.2 Å². The number of benzene rings is 1. The standard InChI is InChI=1S/C16H17N3O2/c1-3-20-14-6-5-13(10-15(14)21-4-2)19-16-9-12(11-17)7-8-18-16/h5-10H,3-4H2,1-2H3,(H,18,19). The fraction of sp³-hybridized carbons (Fsp3) is 0.250. The number of aromatic nitrogens is 1. The minimum atomic E-state index is 0.559. The number of anilines is 2. The van der Waals surface area contributed by atoms with Gasteiger partial charge >= 0.3 is 0 Å². The lowest BCUT2D eigenvalue weighted by molar-refractivity contribution is 0.288. The second-order valence-electron chi connectivity index (χ2n) is 4.19. The molecule has 5 heteroatoms. The lowest BCUT2D eigenvalue weighted by Crippen LogP contribution is -2.00. The fourth-order valence-corrected chi connectivity index (χ4v) is 1.85. The summed E-state index contributed by atoms with van der Waals surface area (Å²) >= 11 is 0. The van der Waals surface area contributed by atoms with Gasteiger partial charge in [0.25, 0.3) is 0 Å². The molecule has 0 aliphatic heterocycles. The van der Waals surface area contributed by atoms with Crippen molar-refractivity contribution in [2.24, 2.45) is 0 Å². The molecule has 0 bridgehead atoms. The molecule has 0 saturated carbocycles. The van der Waals surface area contributed by atoms with Gasteiger partial charge in [-0.1, -0.05) is 0 Å². The highest BCUT2D eigenvalue weighted by Gasteiger charge is 2.07. The Balaban J connectivity index is 2.23. The summed E-state index contributed by atoms with van der Waals surface area (Å²) in [6, 6.07) is 11.0. The molecule has 0 unspecified atom stereocenters. The zero-order valence-corrected chi connectivity index (χ0v) is 12.1. The molecule has 0 fully saturated rings. The largest absolute Gasteiger partial charge is 0.490 e. The molecule has 1 aromatic heterocycles. The van der Waals surface area contributed by atoms with Crippen molar-refractivity contribution in [2.45, 2.75) is 13.8 Å².